The van der Waals surface area contributed by atoms with Crippen molar-refractivity contribution in [2.24, 2.45) is 0 Å². The van der Waals surface area contributed by atoms with Gasteiger partial charge in [-0.2, -0.15) is 0 Å². The molecule has 2 rings (SSSR count). The van der Waals surface area contributed by atoms with E-state index in [0.29, 0.717) is 6.54 Å². The van der Waals surface area contributed by atoms with Gasteiger partial charge in [-0.25, -0.2) is 0 Å². The van der Waals surface area contributed by atoms with Gasteiger partial charge < -0.3 is 9.84 Å². The fourth-order valence-electron chi connectivity index (χ4n) is 1.89. The number of carbonyl (C=O) groups excluding carboxylic acids is 1. The summed E-state index contributed by atoms with van der Waals surface area (Å²) in [7, 11) is 0. The van der Waals surface area contributed by atoms with E-state index in [2.05, 4.69) is 16.5 Å². The van der Waals surface area contributed by atoms with Gasteiger partial charge in [0.25, 0.3) is 5.91 Å². The molecule has 0 aliphatic heterocycles. The van der Waals surface area contributed by atoms with Gasteiger partial charge in [0.2, 0.25) is 5.76 Å². The van der Waals surface area contributed by atoms with Crippen molar-refractivity contribution in [3.05, 3.63) is 29.7 Å². The van der Waals surface area contributed by atoms with E-state index in [4.69, 9.17) is 4.52 Å². The molecular formula is C12H16N2O2. The minimum atomic E-state index is -0.186. The maximum absolute atomic E-state index is 11.5. The third kappa shape index (κ3) is 2.95. The Bertz CT molecular complexity index is 368. The molecule has 0 aromatic carbocycles. The zero-order valence-electron chi connectivity index (χ0n) is 9.24. The van der Waals surface area contributed by atoms with Gasteiger partial charge in [0.05, 0.1) is 6.20 Å². The Morgan fingerprint density at radius 1 is 1.50 bits per heavy atom. The Balaban J connectivity index is 1.72. The van der Waals surface area contributed by atoms with E-state index in [0.717, 1.165) is 6.42 Å². The molecule has 0 radical (unpaired) electrons. The summed E-state index contributed by atoms with van der Waals surface area (Å²) in [6.07, 6.45) is 9.65. The van der Waals surface area contributed by atoms with E-state index in [-0.39, 0.29) is 11.7 Å². The molecule has 1 aliphatic carbocycles. The van der Waals surface area contributed by atoms with Crippen molar-refractivity contribution >= 4 is 5.91 Å². The lowest BCUT2D eigenvalue weighted by molar-refractivity contribution is 0.0917. The lowest BCUT2D eigenvalue weighted by Gasteiger charge is -2.12. The molecule has 1 amide bonds. The van der Waals surface area contributed by atoms with Crippen molar-refractivity contribution in [1.29, 1.82) is 0 Å². The maximum atomic E-state index is 11.5. The van der Waals surface area contributed by atoms with Gasteiger partial charge in [-0.05, 0) is 32.1 Å². The predicted octanol–water partition coefficient (Wildman–Crippen LogP) is 2.29. The third-order valence-corrected chi connectivity index (χ3v) is 2.78. The number of nitrogens with zero attached hydrogens (tertiary/aromatic N) is 1. The van der Waals surface area contributed by atoms with Crippen LogP contribution in [0.2, 0.25) is 0 Å². The van der Waals surface area contributed by atoms with E-state index in [1.54, 1.807) is 6.07 Å². The number of amides is 1. The van der Waals surface area contributed by atoms with E-state index in [1.807, 2.05) is 0 Å². The molecule has 16 heavy (non-hydrogen) atoms. The first-order valence-corrected chi connectivity index (χ1v) is 5.73. The van der Waals surface area contributed by atoms with E-state index < -0.39 is 0 Å². The highest BCUT2D eigenvalue weighted by Crippen LogP contribution is 2.19. The summed E-state index contributed by atoms with van der Waals surface area (Å²) in [5.74, 6) is 0.0894. The number of nitrogens with one attached hydrogen (secondary N) is 1. The molecule has 4 nitrogen and oxygen atoms in total. The molecule has 1 aromatic heterocycles. The zero-order chi connectivity index (χ0) is 11.2. The molecular weight excluding hydrogens is 204 g/mol. The first-order chi connectivity index (χ1) is 7.86. The van der Waals surface area contributed by atoms with Crippen LogP contribution in [0, 0.1) is 0 Å². The van der Waals surface area contributed by atoms with Crippen molar-refractivity contribution in [1.82, 2.24) is 10.5 Å². The number of carbonyl (C=O) groups is 1. The second kappa shape index (κ2) is 5.49. The molecule has 0 saturated carbocycles. The predicted molar refractivity (Wildman–Crippen MR) is 60.0 cm³/mol. The minimum absolute atomic E-state index is 0.186. The summed E-state index contributed by atoms with van der Waals surface area (Å²) in [5, 5.41) is 6.31. The molecule has 4 heteroatoms. The lowest BCUT2D eigenvalue weighted by Crippen LogP contribution is -2.24. The summed E-state index contributed by atoms with van der Waals surface area (Å²) in [5.41, 5.74) is 1.46. The normalized spacial score (nSPS) is 15.6. The number of aromatic nitrogens is 1. The Labute approximate surface area is 94.7 Å². The zero-order valence-corrected chi connectivity index (χ0v) is 9.24. The van der Waals surface area contributed by atoms with Gasteiger partial charge in [0.1, 0.15) is 0 Å². The number of rotatable bonds is 4. The molecule has 1 heterocycles. The Kier molecular flexibility index (Phi) is 3.75. The van der Waals surface area contributed by atoms with Gasteiger partial charge in [0, 0.05) is 12.6 Å². The highest BCUT2D eigenvalue weighted by Gasteiger charge is 2.09. The van der Waals surface area contributed by atoms with Crippen molar-refractivity contribution in [3.63, 3.8) is 0 Å². The van der Waals surface area contributed by atoms with Crippen molar-refractivity contribution in [3.8, 4) is 0 Å². The van der Waals surface area contributed by atoms with Gasteiger partial charge in [-0.1, -0.05) is 16.8 Å². The number of hydrogen-bond acceptors (Lipinski definition) is 3. The summed E-state index contributed by atoms with van der Waals surface area (Å²) < 4.78 is 4.76. The summed E-state index contributed by atoms with van der Waals surface area (Å²) in [6, 6.07) is 1.56. The van der Waals surface area contributed by atoms with Crippen LogP contribution in [-0.4, -0.2) is 17.6 Å². The smallest absolute Gasteiger partial charge is 0.289 e. The SMILES string of the molecule is O=C(NCCC1=CCCCC1)c1ccno1. The molecule has 0 unspecified atom stereocenters. The van der Waals surface area contributed by atoms with E-state index in [1.165, 1.54) is 37.5 Å². The summed E-state index contributed by atoms with van der Waals surface area (Å²) in [4.78, 5) is 11.5. The van der Waals surface area contributed by atoms with Crippen LogP contribution in [0.25, 0.3) is 0 Å². The average molecular weight is 220 g/mol. The van der Waals surface area contributed by atoms with Gasteiger partial charge >= 0.3 is 0 Å². The minimum Gasteiger partial charge on any atom is -0.351 e. The highest BCUT2D eigenvalue weighted by molar-refractivity contribution is 5.91. The highest BCUT2D eigenvalue weighted by atomic mass is 16.5. The monoisotopic (exact) mass is 220 g/mol. The lowest BCUT2D eigenvalue weighted by atomic mass is 9.97. The molecule has 1 aromatic rings. The van der Waals surface area contributed by atoms with Gasteiger partial charge in [-0.15, -0.1) is 0 Å². The van der Waals surface area contributed by atoms with Gasteiger partial charge in [0.15, 0.2) is 0 Å². The fourth-order valence-corrected chi connectivity index (χ4v) is 1.89. The van der Waals surface area contributed by atoms with Crippen LogP contribution in [0.1, 0.15) is 42.7 Å². The average Bonchev–Trinajstić information content (AvgIpc) is 2.84. The largest absolute Gasteiger partial charge is 0.351 e. The summed E-state index contributed by atoms with van der Waals surface area (Å²) >= 11 is 0. The second-order valence-corrected chi connectivity index (χ2v) is 3.99. The van der Waals surface area contributed by atoms with E-state index >= 15 is 0 Å². The van der Waals surface area contributed by atoms with Crippen molar-refractivity contribution < 1.29 is 9.32 Å². The Hall–Kier alpha value is -1.58. The quantitative estimate of drug-likeness (QED) is 0.792. The van der Waals surface area contributed by atoms with E-state index in [9.17, 15) is 4.79 Å². The first kappa shape index (κ1) is 10.9. The number of hydrogen-bond donors (Lipinski definition) is 1. The summed E-state index contributed by atoms with van der Waals surface area (Å²) in [6.45, 7) is 0.672. The second-order valence-electron chi connectivity index (χ2n) is 3.99. The molecule has 0 atom stereocenters. The molecule has 0 bridgehead atoms. The van der Waals surface area contributed by atoms with Crippen LogP contribution in [0.4, 0.5) is 0 Å². The van der Waals surface area contributed by atoms with Crippen LogP contribution in [-0.2, 0) is 0 Å². The van der Waals surface area contributed by atoms with Crippen LogP contribution in [0.15, 0.2) is 28.4 Å². The molecule has 0 spiro atoms. The Morgan fingerprint density at radius 3 is 3.12 bits per heavy atom. The van der Waals surface area contributed by atoms with Gasteiger partial charge in [-0.3, -0.25) is 4.79 Å². The van der Waals surface area contributed by atoms with Crippen molar-refractivity contribution in [2.45, 2.75) is 32.1 Å². The standard InChI is InChI=1S/C12H16N2O2/c15-12(11-7-9-14-16-11)13-8-6-10-4-2-1-3-5-10/h4,7,9H,1-3,5-6,8H2,(H,13,15). The molecule has 1 aliphatic rings. The number of allylic oxidation sites excluding steroid dienone is 1. The van der Waals surface area contributed by atoms with Crippen LogP contribution in [0.3, 0.4) is 0 Å². The van der Waals surface area contributed by atoms with Crippen LogP contribution < -0.4 is 5.32 Å². The fraction of sp³-hybridized carbons (Fsp3) is 0.500. The molecule has 0 fully saturated rings. The van der Waals surface area contributed by atoms with Crippen LogP contribution >= 0.6 is 0 Å². The first-order valence-electron chi connectivity index (χ1n) is 5.73. The Morgan fingerprint density at radius 2 is 2.44 bits per heavy atom. The van der Waals surface area contributed by atoms with Crippen molar-refractivity contribution in [2.75, 3.05) is 6.54 Å². The maximum Gasteiger partial charge on any atom is 0.289 e. The third-order valence-electron chi connectivity index (χ3n) is 2.78. The topological polar surface area (TPSA) is 55.1 Å². The van der Waals surface area contributed by atoms with Crippen LogP contribution in [0.5, 0.6) is 0 Å². The molecule has 86 valence electrons. The molecule has 1 N–H and O–H groups in total. The molecule has 0 saturated heterocycles.